The molecule has 0 bridgehead atoms. The van der Waals surface area contributed by atoms with E-state index in [0.29, 0.717) is 29.5 Å². The molecule has 0 saturated carbocycles. The van der Waals surface area contributed by atoms with Crippen molar-refractivity contribution in [2.24, 2.45) is 0 Å². The van der Waals surface area contributed by atoms with Gasteiger partial charge in [0.25, 0.3) is 5.89 Å². The van der Waals surface area contributed by atoms with Crippen LogP contribution in [0, 0.1) is 5.82 Å². The van der Waals surface area contributed by atoms with E-state index in [1.165, 1.54) is 6.07 Å². The maximum absolute atomic E-state index is 14.0. The fraction of sp³-hybridized carbons (Fsp3) is 0.158. The first-order valence-electron chi connectivity index (χ1n) is 8.44. The highest BCUT2D eigenvalue weighted by Gasteiger charge is 2.27. The van der Waals surface area contributed by atoms with Crippen molar-refractivity contribution in [2.45, 2.75) is 19.3 Å². The van der Waals surface area contributed by atoms with Crippen LogP contribution in [0.15, 0.2) is 59.6 Å². The maximum Gasteiger partial charge on any atom is 0.278 e. The minimum atomic E-state index is -0.365. The van der Waals surface area contributed by atoms with Gasteiger partial charge in [-0.05, 0) is 18.2 Å². The lowest BCUT2D eigenvalue weighted by molar-refractivity contribution is 0.00126. The van der Waals surface area contributed by atoms with Gasteiger partial charge in [-0.15, -0.1) is 0 Å². The molecule has 1 aliphatic heterocycles. The predicted octanol–water partition coefficient (Wildman–Crippen LogP) is 3.41. The fourth-order valence-corrected chi connectivity index (χ4v) is 3.17. The highest BCUT2D eigenvalue weighted by atomic mass is 19.1. The zero-order chi connectivity index (χ0) is 18.2. The number of aromatic nitrogens is 5. The van der Waals surface area contributed by atoms with E-state index in [4.69, 9.17) is 9.26 Å². The molecule has 0 N–H and O–H groups in total. The summed E-state index contributed by atoms with van der Waals surface area (Å²) in [5, 5.41) is 4.01. The molecule has 0 fully saturated rings. The van der Waals surface area contributed by atoms with E-state index in [0.717, 1.165) is 11.3 Å². The highest BCUT2D eigenvalue weighted by Crippen LogP contribution is 2.32. The number of ether oxygens (including phenoxy) is 1. The van der Waals surface area contributed by atoms with Crippen LogP contribution in [0.2, 0.25) is 0 Å². The third-order valence-electron chi connectivity index (χ3n) is 4.55. The van der Waals surface area contributed by atoms with Crippen LogP contribution in [0.25, 0.3) is 23.0 Å². The zero-order valence-electron chi connectivity index (χ0n) is 14.1. The van der Waals surface area contributed by atoms with Gasteiger partial charge in [0.1, 0.15) is 11.9 Å². The average Bonchev–Trinajstić information content (AvgIpc) is 3.35. The minimum absolute atomic E-state index is 0.273. The number of pyridine rings is 1. The van der Waals surface area contributed by atoms with Crippen molar-refractivity contribution in [1.82, 2.24) is 24.7 Å². The lowest BCUT2D eigenvalue weighted by Crippen LogP contribution is -2.21. The third-order valence-corrected chi connectivity index (χ3v) is 4.55. The predicted molar refractivity (Wildman–Crippen MR) is 92.7 cm³/mol. The Kier molecular flexibility index (Phi) is 3.75. The normalized spacial score (nSPS) is 16.3. The molecular weight excluding hydrogens is 349 g/mol. The van der Waals surface area contributed by atoms with Crippen molar-refractivity contribution in [3.8, 4) is 23.0 Å². The second-order valence-electron chi connectivity index (χ2n) is 6.17. The van der Waals surface area contributed by atoms with E-state index in [9.17, 15) is 4.39 Å². The molecule has 1 atom stereocenters. The van der Waals surface area contributed by atoms with E-state index in [1.807, 2.05) is 4.57 Å². The van der Waals surface area contributed by atoms with Crippen molar-refractivity contribution in [2.75, 3.05) is 0 Å². The molecule has 0 saturated heterocycles. The number of fused-ring (bicyclic) bond motifs is 1. The van der Waals surface area contributed by atoms with Crippen molar-refractivity contribution in [3.63, 3.8) is 0 Å². The first-order valence-corrected chi connectivity index (χ1v) is 8.44. The Morgan fingerprint density at radius 1 is 1.11 bits per heavy atom. The van der Waals surface area contributed by atoms with Crippen LogP contribution in [0.5, 0.6) is 0 Å². The summed E-state index contributed by atoms with van der Waals surface area (Å²) in [6, 6.07) is 10.3. The number of benzene rings is 1. The molecule has 0 spiro atoms. The lowest BCUT2D eigenvalue weighted by Gasteiger charge is -2.25. The van der Waals surface area contributed by atoms with Crippen LogP contribution in [-0.2, 0) is 17.9 Å². The van der Waals surface area contributed by atoms with Gasteiger partial charge >= 0.3 is 0 Å². The number of nitrogens with zero attached hydrogens (tertiary/aromatic N) is 5. The monoisotopic (exact) mass is 363 g/mol. The van der Waals surface area contributed by atoms with Crippen LogP contribution in [0.4, 0.5) is 4.39 Å². The summed E-state index contributed by atoms with van der Waals surface area (Å²) in [6.07, 6.45) is 4.66. The second kappa shape index (κ2) is 6.40. The molecular formula is C19H14FN5O2. The van der Waals surface area contributed by atoms with Gasteiger partial charge in [0.05, 0.1) is 25.2 Å². The first kappa shape index (κ1) is 15.8. The molecule has 0 radical (unpaired) electrons. The van der Waals surface area contributed by atoms with Crippen molar-refractivity contribution < 1.29 is 13.7 Å². The first-order chi connectivity index (χ1) is 13.3. The standard InChI is InChI=1S/C19H14FN5O2/c20-14-4-2-1-3-13(14)16-9-25-11-22-17(15(25)10-26-16)19-23-18(24-27-19)12-5-7-21-8-6-12/h1-8,11,16H,9-10H2/t16-/m0/s1. The van der Waals surface area contributed by atoms with Crippen molar-refractivity contribution >= 4 is 0 Å². The van der Waals surface area contributed by atoms with E-state index >= 15 is 0 Å². The fourth-order valence-electron chi connectivity index (χ4n) is 3.17. The van der Waals surface area contributed by atoms with Crippen LogP contribution >= 0.6 is 0 Å². The summed E-state index contributed by atoms with van der Waals surface area (Å²) in [5.74, 6) is 0.517. The minimum Gasteiger partial charge on any atom is -0.365 e. The number of imidazole rings is 1. The van der Waals surface area contributed by atoms with E-state index in [2.05, 4.69) is 20.1 Å². The summed E-state index contributed by atoms with van der Waals surface area (Å²) >= 11 is 0. The van der Waals surface area contributed by atoms with Gasteiger partial charge in [-0.25, -0.2) is 9.37 Å². The number of hydrogen-bond donors (Lipinski definition) is 0. The van der Waals surface area contributed by atoms with Gasteiger partial charge < -0.3 is 13.8 Å². The number of halogens is 1. The smallest absolute Gasteiger partial charge is 0.278 e. The molecule has 0 amide bonds. The summed E-state index contributed by atoms with van der Waals surface area (Å²) < 4.78 is 27.2. The summed E-state index contributed by atoms with van der Waals surface area (Å²) in [7, 11) is 0. The van der Waals surface area contributed by atoms with Gasteiger partial charge in [0.15, 0.2) is 5.69 Å². The molecule has 4 aromatic rings. The Bertz CT molecular complexity index is 1090. The van der Waals surface area contributed by atoms with E-state index < -0.39 is 0 Å². The second-order valence-corrected chi connectivity index (χ2v) is 6.17. The molecule has 1 aromatic carbocycles. The number of hydrogen-bond acceptors (Lipinski definition) is 6. The molecule has 8 heteroatoms. The maximum atomic E-state index is 14.0. The molecule has 5 rings (SSSR count). The third kappa shape index (κ3) is 2.80. The quantitative estimate of drug-likeness (QED) is 0.555. The molecule has 0 unspecified atom stereocenters. The average molecular weight is 363 g/mol. The van der Waals surface area contributed by atoms with Crippen LogP contribution in [-0.4, -0.2) is 24.7 Å². The summed E-state index contributed by atoms with van der Waals surface area (Å²) in [5.41, 5.74) is 2.75. The van der Waals surface area contributed by atoms with Gasteiger partial charge in [0.2, 0.25) is 5.82 Å². The van der Waals surface area contributed by atoms with Crippen molar-refractivity contribution in [3.05, 3.63) is 72.2 Å². The largest absolute Gasteiger partial charge is 0.365 e. The van der Waals surface area contributed by atoms with E-state index in [-0.39, 0.29) is 18.5 Å². The van der Waals surface area contributed by atoms with E-state index in [1.54, 1.807) is 49.1 Å². The Labute approximate surface area is 153 Å². The van der Waals surface area contributed by atoms with Gasteiger partial charge in [-0.1, -0.05) is 23.4 Å². The van der Waals surface area contributed by atoms with Gasteiger partial charge in [-0.3, -0.25) is 4.98 Å². The lowest BCUT2D eigenvalue weighted by atomic mass is 10.1. The number of rotatable bonds is 3. The Balaban J connectivity index is 1.44. The Hall–Kier alpha value is -3.39. The summed E-state index contributed by atoms with van der Waals surface area (Å²) in [4.78, 5) is 12.8. The van der Waals surface area contributed by atoms with Crippen LogP contribution < -0.4 is 0 Å². The molecule has 27 heavy (non-hydrogen) atoms. The molecule has 0 aliphatic carbocycles. The molecule has 134 valence electrons. The topological polar surface area (TPSA) is 78.9 Å². The van der Waals surface area contributed by atoms with Crippen LogP contribution in [0.1, 0.15) is 17.4 Å². The SMILES string of the molecule is Fc1ccccc1[C@@H]1Cn2cnc(-c3nc(-c4ccncc4)no3)c2CO1. The highest BCUT2D eigenvalue weighted by molar-refractivity contribution is 5.58. The van der Waals surface area contributed by atoms with Crippen LogP contribution in [0.3, 0.4) is 0 Å². The molecule has 7 nitrogen and oxygen atoms in total. The van der Waals surface area contributed by atoms with Crippen molar-refractivity contribution in [1.29, 1.82) is 0 Å². The Morgan fingerprint density at radius 2 is 1.96 bits per heavy atom. The molecule has 1 aliphatic rings. The zero-order valence-corrected chi connectivity index (χ0v) is 14.1. The van der Waals surface area contributed by atoms with Gasteiger partial charge in [-0.2, -0.15) is 4.98 Å². The Morgan fingerprint density at radius 3 is 2.81 bits per heavy atom. The van der Waals surface area contributed by atoms with Gasteiger partial charge in [0, 0.05) is 23.5 Å². The summed E-state index contributed by atoms with van der Waals surface area (Å²) in [6.45, 7) is 0.746. The molecule has 3 aromatic heterocycles. The molecule has 4 heterocycles.